The molecule has 0 unspecified atom stereocenters. The van der Waals surface area contributed by atoms with Gasteiger partial charge in [0, 0.05) is 23.7 Å². The molecular formula is C26H40O3. The van der Waals surface area contributed by atoms with Gasteiger partial charge >= 0.3 is 0 Å². The number of ketones is 2. The molecule has 0 amide bonds. The summed E-state index contributed by atoms with van der Waals surface area (Å²) < 4.78 is 0. The maximum Gasteiger partial charge on any atom is 0.136 e. The lowest BCUT2D eigenvalue weighted by atomic mass is 9.40. The molecule has 0 bridgehead atoms. The van der Waals surface area contributed by atoms with Gasteiger partial charge in [0.25, 0.3) is 0 Å². The van der Waals surface area contributed by atoms with Crippen LogP contribution in [0.15, 0.2) is 0 Å². The fraction of sp³-hybridized carbons (Fsp3) is 0.923. The minimum Gasteiger partial charge on any atom is -0.389 e. The molecule has 0 aromatic rings. The Morgan fingerprint density at radius 3 is 2.48 bits per heavy atom. The molecule has 5 fully saturated rings. The van der Waals surface area contributed by atoms with Gasteiger partial charge in [0.05, 0.1) is 5.60 Å². The minimum atomic E-state index is -0.832. The van der Waals surface area contributed by atoms with Crippen molar-refractivity contribution in [2.75, 3.05) is 0 Å². The van der Waals surface area contributed by atoms with Crippen LogP contribution in [0.25, 0.3) is 0 Å². The van der Waals surface area contributed by atoms with Crippen LogP contribution in [-0.2, 0) is 9.59 Å². The summed E-state index contributed by atoms with van der Waals surface area (Å²) >= 11 is 0. The average molecular weight is 401 g/mol. The van der Waals surface area contributed by atoms with Crippen molar-refractivity contribution in [3.8, 4) is 0 Å². The zero-order valence-electron chi connectivity index (χ0n) is 18.9. The van der Waals surface area contributed by atoms with E-state index in [1.165, 1.54) is 25.7 Å². The third-order valence-corrected chi connectivity index (χ3v) is 11.7. The van der Waals surface area contributed by atoms with Crippen LogP contribution in [0, 0.1) is 45.8 Å². The van der Waals surface area contributed by atoms with E-state index in [0.717, 1.165) is 32.1 Å². The van der Waals surface area contributed by atoms with Crippen LogP contribution >= 0.6 is 0 Å². The van der Waals surface area contributed by atoms with Crippen molar-refractivity contribution in [2.24, 2.45) is 45.8 Å². The summed E-state index contributed by atoms with van der Waals surface area (Å²) in [4.78, 5) is 25.5. The molecule has 5 aliphatic carbocycles. The largest absolute Gasteiger partial charge is 0.389 e. The highest BCUT2D eigenvalue weighted by Crippen LogP contribution is 2.75. The van der Waals surface area contributed by atoms with E-state index in [1.807, 2.05) is 6.92 Å². The molecule has 0 aromatic carbocycles. The second-order valence-electron chi connectivity index (χ2n) is 12.2. The van der Waals surface area contributed by atoms with Gasteiger partial charge in [-0.2, -0.15) is 0 Å². The third kappa shape index (κ3) is 2.24. The molecule has 1 N–H and O–H groups in total. The van der Waals surface area contributed by atoms with E-state index in [-0.39, 0.29) is 27.9 Å². The first kappa shape index (κ1) is 20.2. The molecule has 5 saturated carbocycles. The smallest absolute Gasteiger partial charge is 0.136 e. The molecule has 0 aliphatic heterocycles. The second kappa shape index (κ2) is 6.17. The van der Waals surface area contributed by atoms with Crippen molar-refractivity contribution in [1.29, 1.82) is 0 Å². The summed E-state index contributed by atoms with van der Waals surface area (Å²) in [6, 6.07) is 0. The first-order valence-electron chi connectivity index (χ1n) is 12.4. The minimum absolute atomic E-state index is 0.0959. The first-order chi connectivity index (χ1) is 13.6. The molecule has 0 radical (unpaired) electrons. The third-order valence-electron chi connectivity index (χ3n) is 11.7. The monoisotopic (exact) mass is 400 g/mol. The van der Waals surface area contributed by atoms with E-state index >= 15 is 0 Å². The van der Waals surface area contributed by atoms with Crippen LogP contribution < -0.4 is 0 Å². The molecule has 0 saturated heterocycles. The van der Waals surface area contributed by atoms with Crippen LogP contribution in [0.2, 0.25) is 0 Å². The number of carbonyl (C=O) groups is 2. The van der Waals surface area contributed by atoms with Crippen molar-refractivity contribution >= 4 is 11.6 Å². The summed E-state index contributed by atoms with van der Waals surface area (Å²) in [5.41, 5.74) is -0.953. The number of fused-ring (bicyclic) bond motifs is 7. The SMILES string of the molecule is CC(=O)[C@]12CCCC[C@@H]1C[C@@H]1[C@H]3C[C@@H](C)[C@@]4(O)CC(=O)CC[C@]4(C)[C@@H]3CC[C@]12C. The lowest BCUT2D eigenvalue weighted by molar-refractivity contribution is -0.230. The highest BCUT2D eigenvalue weighted by atomic mass is 16.3. The van der Waals surface area contributed by atoms with Gasteiger partial charge in [0.1, 0.15) is 11.6 Å². The molecule has 0 heterocycles. The zero-order valence-corrected chi connectivity index (χ0v) is 18.9. The average Bonchev–Trinajstić information content (AvgIpc) is 2.95. The number of carbonyl (C=O) groups excluding carboxylic acids is 2. The lowest BCUT2D eigenvalue weighted by Gasteiger charge is -2.66. The molecule has 9 atom stereocenters. The summed E-state index contributed by atoms with van der Waals surface area (Å²) in [5, 5.41) is 11.8. The predicted octanol–water partition coefficient (Wildman–Crippen LogP) is 5.33. The van der Waals surface area contributed by atoms with E-state index in [2.05, 4.69) is 20.8 Å². The van der Waals surface area contributed by atoms with Gasteiger partial charge in [-0.1, -0.05) is 33.6 Å². The Labute approximate surface area is 176 Å². The van der Waals surface area contributed by atoms with Crippen molar-refractivity contribution in [1.82, 2.24) is 0 Å². The summed E-state index contributed by atoms with van der Waals surface area (Å²) in [7, 11) is 0. The Hall–Kier alpha value is -0.700. The Morgan fingerprint density at radius 1 is 1.00 bits per heavy atom. The molecule has 3 heteroatoms. The molecule has 0 aromatic heterocycles. The van der Waals surface area contributed by atoms with E-state index < -0.39 is 5.60 Å². The molecule has 5 aliphatic rings. The van der Waals surface area contributed by atoms with Crippen LogP contribution in [0.4, 0.5) is 0 Å². The van der Waals surface area contributed by atoms with Gasteiger partial charge in [-0.3, -0.25) is 9.59 Å². The van der Waals surface area contributed by atoms with Gasteiger partial charge in [-0.15, -0.1) is 0 Å². The Balaban J connectivity index is 1.56. The van der Waals surface area contributed by atoms with Gasteiger partial charge in [0.15, 0.2) is 0 Å². The van der Waals surface area contributed by atoms with E-state index in [1.54, 1.807) is 0 Å². The number of aliphatic hydroxyl groups is 1. The molecule has 29 heavy (non-hydrogen) atoms. The van der Waals surface area contributed by atoms with Crippen LogP contribution in [0.1, 0.15) is 98.3 Å². The maximum atomic E-state index is 13.2. The molecule has 5 rings (SSSR count). The van der Waals surface area contributed by atoms with Crippen LogP contribution in [0.3, 0.4) is 0 Å². The van der Waals surface area contributed by atoms with Crippen molar-refractivity contribution < 1.29 is 14.7 Å². The normalized spacial score (nSPS) is 56.7. The molecular weight excluding hydrogens is 360 g/mol. The van der Waals surface area contributed by atoms with E-state index in [9.17, 15) is 14.7 Å². The summed E-state index contributed by atoms with van der Waals surface area (Å²) in [6.07, 6.45) is 11.2. The summed E-state index contributed by atoms with van der Waals surface area (Å²) in [6.45, 7) is 8.85. The number of hydrogen-bond acceptors (Lipinski definition) is 3. The van der Waals surface area contributed by atoms with Crippen molar-refractivity contribution in [2.45, 2.75) is 104 Å². The van der Waals surface area contributed by atoms with Gasteiger partial charge < -0.3 is 5.11 Å². The number of rotatable bonds is 1. The van der Waals surface area contributed by atoms with E-state index in [4.69, 9.17) is 0 Å². The molecule has 0 spiro atoms. The zero-order chi connectivity index (χ0) is 20.8. The highest BCUT2D eigenvalue weighted by Gasteiger charge is 2.71. The van der Waals surface area contributed by atoms with Crippen LogP contribution in [0.5, 0.6) is 0 Å². The van der Waals surface area contributed by atoms with Crippen molar-refractivity contribution in [3.05, 3.63) is 0 Å². The number of hydrogen-bond donors (Lipinski definition) is 1. The second-order valence-corrected chi connectivity index (χ2v) is 12.2. The fourth-order valence-corrected chi connectivity index (χ4v) is 10.3. The maximum absolute atomic E-state index is 13.2. The number of Topliss-reactive ketones (excluding diaryl/α,β-unsaturated/α-hetero) is 2. The predicted molar refractivity (Wildman–Crippen MR) is 113 cm³/mol. The van der Waals surface area contributed by atoms with Crippen LogP contribution in [-0.4, -0.2) is 22.3 Å². The van der Waals surface area contributed by atoms with Gasteiger partial charge in [-0.05, 0) is 86.9 Å². The highest BCUT2D eigenvalue weighted by molar-refractivity contribution is 5.84. The summed E-state index contributed by atoms with van der Waals surface area (Å²) in [5.74, 6) is 3.15. The lowest BCUT2D eigenvalue weighted by Crippen LogP contribution is -2.66. The van der Waals surface area contributed by atoms with Gasteiger partial charge in [-0.25, -0.2) is 0 Å². The Kier molecular flexibility index (Phi) is 4.30. The molecule has 162 valence electrons. The van der Waals surface area contributed by atoms with E-state index in [0.29, 0.717) is 42.3 Å². The standard InChI is InChI=1S/C26H40O3/c1-16-13-20-21(24(4)11-8-19(28)15-26(16,24)29)9-12-23(3)22(20)14-18-7-5-6-10-25(18,23)17(2)27/h16,18,20-22,29H,5-15H2,1-4H3/t16-,18-,20+,21-,22-,23-,24-,25-,26+/m1/s1. The van der Waals surface area contributed by atoms with Crippen molar-refractivity contribution in [3.63, 3.8) is 0 Å². The topological polar surface area (TPSA) is 54.4 Å². The fourth-order valence-electron chi connectivity index (χ4n) is 10.3. The quantitative estimate of drug-likeness (QED) is 0.647. The molecule has 3 nitrogen and oxygen atoms in total. The Bertz CT molecular complexity index is 744. The van der Waals surface area contributed by atoms with Gasteiger partial charge in [0.2, 0.25) is 0 Å². The first-order valence-corrected chi connectivity index (χ1v) is 12.4. The Morgan fingerprint density at radius 2 is 1.76 bits per heavy atom.